The summed E-state index contributed by atoms with van der Waals surface area (Å²) >= 11 is 0. The van der Waals surface area contributed by atoms with E-state index >= 15 is 0 Å². The number of nitrogens with zero attached hydrogens (tertiary/aromatic N) is 2. The fraction of sp³-hybridized carbons (Fsp3) is 0.133. The van der Waals surface area contributed by atoms with Crippen LogP contribution in [0, 0.1) is 28.7 Å². The topological polar surface area (TPSA) is 118 Å². The number of carbonyl (C=O) groups is 1. The Kier molecular flexibility index (Phi) is 5.21. The SMILES string of the molecule is Cc1ccc(S(=O)(=O)N(CC(=O)O)c2ccc(F)cc2F)cc1[N+](=O)[O-]. The molecule has 0 aliphatic rings. The number of carboxylic acids is 1. The molecule has 0 aromatic heterocycles. The van der Waals surface area contributed by atoms with Crippen molar-refractivity contribution in [1.29, 1.82) is 0 Å². The van der Waals surface area contributed by atoms with Crippen molar-refractivity contribution in [2.75, 3.05) is 10.8 Å². The predicted molar refractivity (Wildman–Crippen MR) is 86.4 cm³/mol. The summed E-state index contributed by atoms with van der Waals surface area (Å²) in [5, 5.41) is 20.0. The fourth-order valence-electron chi connectivity index (χ4n) is 2.18. The van der Waals surface area contributed by atoms with Gasteiger partial charge in [0, 0.05) is 17.7 Å². The molecule has 2 rings (SSSR count). The highest BCUT2D eigenvalue weighted by Gasteiger charge is 2.31. The average Bonchev–Trinajstić information content (AvgIpc) is 2.52. The van der Waals surface area contributed by atoms with Crippen LogP contribution in [-0.2, 0) is 14.8 Å². The highest BCUT2D eigenvalue weighted by Crippen LogP contribution is 2.29. The van der Waals surface area contributed by atoms with Gasteiger partial charge >= 0.3 is 5.97 Å². The minimum Gasteiger partial charge on any atom is -0.480 e. The summed E-state index contributed by atoms with van der Waals surface area (Å²) in [5.41, 5.74) is -1.01. The number of sulfonamides is 1. The fourth-order valence-corrected chi connectivity index (χ4v) is 3.62. The maximum Gasteiger partial charge on any atom is 0.324 e. The van der Waals surface area contributed by atoms with Gasteiger partial charge in [-0.25, -0.2) is 17.2 Å². The molecule has 0 saturated carbocycles. The predicted octanol–water partition coefficient (Wildman–Crippen LogP) is 2.46. The van der Waals surface area contributed by atoms with Crippen LogP contribution in [0.2, 0.25) is 0 Å². The van der Waals surface area contributed by atoms with Crippen LogP contribution in [-0.4, -0.2) is 31.0 Å². The van der Waals surface area contributed by atoms with Crippen LogP contribution >= 0.6 is 0 Å². The molecule has 0 atom stereocenters. The van der Waals surface area contributed by atoms with Crippen LogP contribution in [0.3, 0.4) is 0 Å². The highest BCUT2D eigenvalue weighted by atomic mass is 32.2. The molecular weight excluding hydrogens is 374 g/mol. The van der Waals surface area contributed by atoms with Gasteiger partial charge < -0.3 is 5.11 Å². The molecule has 0 spiro atoms. The third kappa shape index (κ3) is 3.77. The van der Waals surface area contributed by atoms with E-state index in [2.05, 4.69) is 0 Å². The van der Waals surface area contributed by atoms with E-state index < -0.39 is 55.4 Å². The first kappa shape index (κ1) is 19.2. The molecule has 0 unspecified atom stereocenters. The minimum absolute atomic E-state index is 0.187. The van der Waals surface area contributed by atoms with Crippen molar-refractivity contribution < 1.29 is 32.0 Å². The second kappa shape index (κ2) is 7.04. The molecule has 0 fully saturated rings. The summed E-state index contributed by atoms with van der Waals surface area (Å²) in [6.45, 7) is 0.232. The largest absolute Gasteiger partial charge is 0.480 e. The Morgan fingerprint density at radius 2 is 1.88 bits per heavy atom. The molecule has 0 aliphatic carbocycles. The monoisotopic (exact) mass is 386 g/mol. The Bertz CT molecular complexity index is 994. The molecule has 138 valence electrons. The van der Waals surface area contributed by atoms with E-state index in [0.717, 1.165) is 24.3 Å². The van der Waals surface area contributed by atoms with Gasteiger partial charge in [0.05, 0.1) is 15.5 Å². The maximum absolute atomic E-state index is 14.0. The van der Waals surface area contributed by atoms with E-state index in [1.54, 1.807) is 0 Å². The van der Waals surface area contributed by atoms with E-state index in [1.807, 2.05) is 0 Å². The lowest BCUT2D eigenvalue weighted by atomic mass is 10.2. The summed E-state index contributed by atoms with van der Waals surface area (Å²) in [5.74, 6) is -3.87. The van der Waals surface area contributed by atoms with Gasteiger partial charge in [-0.2, -0.15) is 0 Å². The number of aryl methyl sites for hydroxylation is 1. The zero-order valence-corrected chi connectivity index (χ0v) is 14.0. The molecule has 2 aromatic rings. The van der Waals surface area contributed by atoms with E-state index in [-0.39, 0.29) is 9.87 Å². The second-order valence-corrected chi connectivity index (χ2v) is 7.07. The molecule has 26 heavy (non-hydrogen) atoms. The third-order valence-electron chi connectivity index (χ3n) is 3.42. The second-order valence-electron chi connectivity index (χ2n) is 5.21. The third-order valence-corrected chi connectivity index (χ3v) is 5.18. The number of benzene rings is 2. The lowest BCUT2D eigenvalue weighted by molar-refractivity contribution is -0.385. The van der Waals surface area contributed by atoms with Gasteiger partial charge in [-0.3, -0.25) is 19.2 Å². The van der Waals surface area contributed by atoms with E-state index in [4.69, 9.17) is 5.11 Å². The summed E-state index contributed by atoms with van der Waals surface area (Å²) in [4.78, 5) is 20.7. The zero-order chi connectivity index (χ0) is 19.6. The Balaban J connectivity index is 2.65. The Labute approximate surface area is 146 Å². The first-order valence-electron chi connectivity index (χ1n) is 6.98. The molecule has 0 saturated heterocycles. The number of rotatable bonds is 6. The van der Waals surface area contributed by atoms with Crippen LogP contribution in [0.5, 0.6) is 0 Å². The number of anilines is 1. The summed E-state index contributed by atoms with van der Waals surface area (Å²) < 4.78 is 52.9. The van der Waals surface area contributed by atoms with Gasteiger partial charge in [0.1, 0.15) is 18.2 Å². The van der Waals surface area contributed by atoms with Gasteiger partial charge in [-0.15, -0.1) is 0 Å². The number of aliphatic carboxylic acids is 1. The molecule has 0 amide bonds. The van der Waals surface area contributed by atoms with Crippen molar-refractivity contribution in [2.45, 2.75) is 11.8 Å². The van der Waals surface area contributed by atoms with Crippen molar-refractivity contribution >= 4 is 27.4 Å². The molecule has 11 heteroatoms. The molecule has 1 N–H and O–H groups in total. The average molecular weight is 386 g/mol. The number of nitro benzene ring substituents is 1. The van der Waals surface area contributed by atoms with Crippen LogP contribution in [0.1, 0.15) is 5.56 Å². The number of nitro groups is 1. The van der Waals surface area contributed by atoms with Gasteiger partial charge in [-0.05, 0) is 25.1 Å². The van der Waals surface area contributed by atoms with Gasteiger partial charge in [0.2, 0.25) is 0 Å². The summed E-state index contributed by atoms with van der Waals surface area (Å²) in [7, 11) is -4.67. The van der Waals surface area contributed by atoms with Crippen LogP contribution in [0.15, 0.2) is 41.3 Å². The molecule has 0 radical (unpaired) electrons. The maximum atomic E-state index is 14.0. The Morgan fingerprint density at radius 1 is 1.23 bits per heavy atom. The molecule has 0 heterocycles. The molecule has 2 aromatic carbocycles. The summed E-state index contributed by atoms with van der Waals surface area (Å²) in [6.07, 6.45) is 0. The van der Waals surface area contributed by atoms with Crippen LogP contribution in [0.25, 0.3) is 0 Å². The Morgan fingerprint density at radius 3 is 2.42 bits per heavy atom. The molecule has 0 aliphatic heterocycles. The quantitative estimate of drug-likeness (QED) is 0.602. The normalized spacial score (nSPS) is 11.2. The van der Waals surface area contributed by atoms with E-state index in [9.17, 15) is 32.1 Å². The van der Waals surface area contributed by atoms with Crippen molar-refractivity contribution in [3.63, 3.8) is 0 Å². The van der Waals surface area contributed by atoms with Gasteiger partial charge in [0.15, 0.2) is 0 Å². The van der Waals surface area contributed by atoms with Gasteiger partial charge in [-0.1, -0.05) is 6.07 Å². The lowest BCUT2D eigenvalue weighted by Crippen LogP contribution is -2.36. The zero-order valence-electron chi connectivity index (χ0n) is 13.2. The van der Waals surface area contributed by atoms with Crippen molar-refractivity contribution in [3.05, 3.63) is 63.7 Å². The van der Waals surface area contributed by atoms with Gasteiger partial charge in [0.25, 0.3) is 15.7 Å². The van der Waals surface area contributed by atoms with Crippen molar-refractivity contribution in [1.82, 2.24) is 0 Å². The van der Waals surface area contributed by atoms with Crippen LogP contribution < -0.4 is 4.31 Å². The summed E-state index contributed by atoms with van der Waals surface area (Å²) in [6, 6.07) is 4.89. The standard InChI is InChI=1S/C15H12F2N2O6S/c1-9-2-4-11(7-14(9)19(22)23)26(24,25)18(8-15(20)21)13-5-3-10(16)6-12(13)17/h2-7H,8H2,1H3,(H,20,21). The number of halogens is 2. The molecule has 0 bridgehead atoms. The van der Waals surface area contributed by atoms with Crippen LogP contribution in [0.4, 0.5) is 20.2 Å². The first-order valence-corrected chi connectivity index (χ1v) is 8.42. The van der Waals surface area contributed by atoms with Crippen molar-refractivity contribution in [3.8, 4) is 0 Å². The lowest BCUT2D eigenvalue weighted by Gasteiger charge is -2.23. The molecular formula is C15H12F2N2O6S. The van der Waals surface area contributed by atoms with E-state index in [0.29, 0.717) is 6.07 Å². The number of hydrogen-bond donors (Lipinski definition) is 1. The Hall–Kier alpha value is -3.08. The number of carboxylic acid groups (broad SMARTS) is 1. The smallest absolute Gasteiger partial charge is 0.324 e. The van der Waals surface area contributed by atoms with Crippen molar-refractivity contribution in [2.24, 2.45) is 0 Å². The minimum atomic E-state index is -4.67. The highest BCUT2D eigenvalue weighted by molar-refractivity contribution is 7.92. The van der Waals surface area contributed by atoms with E-state index in [1.165, 1.54) is 13.0 Å². The number of hydrogen-bond acceptors (Lipinski definition) is 5. The molecule has 8 nitrogen and oxygen atoms in total. The first-order chi connectivity index (χ1) is 12.0.